The summed E-state index contributed by atoms with van der Waals surface area (Å²) in [6.45, 7) is 9.38. The minimum absolute atomic E-state index is 0.0210. The first-order valence-electron chi connectivity index (χ1n) is 12.4. The number of nitrogens with zero attached hydrogens (tertiary/aromatic N) is 3. The van der Waals surface area contributed by atoms with Crippen LogP contribution in [0.5, 0.6) is 5.75 Å². The Bertz CT molecular complexity index is 1400. The van der Waals surface area contributed by atoms with Crippen molar-refractivity contribution in [3.63, 3.8) is 0 Å². The Labute approximate surface area is 211 Å². The van der Waals surface area contributed by atoms with Gasteiger partial charge in [0.25, 0.3) is 5.56 Å². The van der Waals surface area contributed by atoms with E-state index in [2.05, 4.69) is 43.2 Å². The molecule has 0 aliphatic carbocycles. The van der Waals surface area contributed by atoms with Crippen molar-refractivity contribution < 1.29 is 4.74 Å². The molecule has 6 heteroatoms. The standard InChI is InChI=1S/C29H33N3O2S/c1-19(2)31-13-7-8-21(16-31)17-32-28(23-9-5-6-10-26(23)34-4)30-25-12-11-22(15-24(25)29(32)33)27-14-20(3)18-35-27/h5-6,9-12,14-15,18-19,21H,7-8,13,16-17H2,1-4H3. The van der Waals surface area contributed by atoms with Gasteiger partial charge in [0.15, 0.2) is 0 Å². The van der Waals surface area contributed by atoms with Crippen LogP contribution in [0.2, 0.25) is 0 Å². The van der Waals surface area contributed by atoms with Crippen molar-refractivity contribution in [2.45, 2.75) is 46.2 Å². The van der Waals surface area contributed by atoms with Crippen LogP contribution in [0, 0.1) is 12.8 Å². The van der Waals surface area contributed by atoms with Crippen molar-refractivity contribution in [2.75, 3.05) is 20.2 Å². The van der Waals surface area contributed by atoms with E-state index in [1.165, 1.54) is 10.4 Å². The molecule has 0 N–H and O–H groups in total. The second kappa shape index (κ2) is 9.96. The molecule has 5 nitrogen and oxygen atoms in total. The van der Waals surface area contributed by atoms with Crippen molar-refractivity contribution in [3.05, 3.63) is 69.8 Å². The molecule has 0 saturated carbocycles. The topological polar surface area (TPSA) is 47.4 Å². The molecule has 1 aliphatic heterocycles. The molecule has 1 aliphatic rings. The number of benzene rings is 2. The Kier molecular flexibility index (Phi) is 6.76. The van der Waals surface area contributed by atoms with Gasteiger partial charge in [-0.15, -0.1) is 11.3 Å². The van der Waals surface area contributed by atoms with Gasteiger partial charge in [-0.3, -0.25) is 9.36 Å². The number of likely N-dealkylation sites (tertiary alicyclic amines) is 1. The number of piperidine rings is 1. The normalized spacial score (nSPS) is 16.8. The summed E-state index contributed by atoms with van der Waals surface area (Å²) in [6, 6.07) is 16.6. The Morgan fingerprint density at radius 2 is 2.00 bits per heavy atom. The lowest BCUT2D eigenvalue weighted by Gasteiger charge is -2.36. The summed E-state index contributed by atoms with van der Waals surface area (Å²) < 4.78 is 7.56. The van der Waals surface area contributed by atoms with Crippen LogP contribution >= 0.6 is 11.3 Å². The largest absolute Gasteiger partial charge is 0.496 e. The fourth-order valence-corrected chi connectivity index (χ4v) is 6.03. The molecular formula is C29H33N3O2S. The van der Waals surface area contributed by atoms with Crippen LogP contribution in [0.4, 0.5) is 0 Å². The molecule has 2 aromatic heterocycles. The van der Waals surface area contributed by atoms with E-state index in [4.69, 9.17) is 9.72 Å². The lowest BCUT2D eigenvalue weighted by Crippen LogP contribution is -2.42. The van der Waals surface area contributed by atoms with Crippen LogP contribution in [0.3, 0.4) is 0 Å². The van der Waals surface area contributed by atoms with Crippen LogP contribution in [0.15, 0.2) is 58.7 Å². The monoisotopic (exact) mass is 487 g/mol. The summed E-state index contributed by atoms with van der Waals surface area (Å²) >= 11 is 1.71. The number of hydrogen-bond acceptors (Lipinski definition) is 5. The minimum Gasteiger partial charge on any atom is -0.496 e. The summed E-state index contributed by atoms with van der Waals surface area (Å²) in [7, 11) is 1.67. The highest BCUT2D eigenvalue weighted by Gasteiger charge is 2.25. The van der Waals surface area contributed by atoms with Crippen molar-refractivity contribution in [1.82, 2.24) is 14.5 Å². The molecule has 0 bridgehead atoms. The molecule has 4 aromatic rings. The molecule has 1 saturated heterocycles. The maximum Gasteiger partial charge on any atom is 0.261 e. The number of ether oxygens (including phenoxy) is 1. The Morgan fingerprint density at radius 1 is 1.17 bits per heavy atom. The number of rotatable bonds is 6. The summed E-state index contributed by atoms with van der Waals surface area (Å²) in [5.74, 6) is 1.81. The summed E-state index contributed by atoms with van der Waals surface area (Å²) in [5, 5.41) is 2.81. The number of aromatic nitrogens is 2. The van der Waals surface area contributed by atoms with Crippen LogP contribution in [-0.2, 0) is 6.54 Å². The van der Waals surface area contributed by atoms with Crippen molar-refractivity contribution >= 4 is 22.2 Å². The molecule has 1 atom stereocenters. The number of methoxy groups -OCH3 is 1. The summed E-state index contributed by atoms with van der Waals surface area (Å²) in [6.07, 6.45) is 2.28. The highest BCUT2D eigenvalue weighted by atomic mass is 32.1. The lowest BCUT2D eigenvalue weighted by molar-refractivity contribution is 0.130. The smallest absolute Gasteiger partial charge is 0.261 e. The number of aryl methyl sites for hydroxylation is 1. The molecular weight excluding hydrogens is 454 g/mol. The van der Waals surface area contributed by atoms with Crippen LogP contribution in [0.1, 0.15) is 32.3 Å². The van der Waals surface area contributed by atoms with E-state index in [1.54, 1.807) is 18.4 Å². The van der Waals surface area contributed by atoms with E-state index < -0.39 is 0 Å². The van der Waals surface area contributed by atoms with Crippen molar-refractivity contribution in [1.29, 1.82) is 0 Å². The summed E-state index contributed by atoms with van der Waals surface area (Å²) in [4.78, 5) is 22.8. The number of fused-ring (bicyclic) bond motifs is 1. The van der Waals surface area contributed by atoms with E-state index in [1.807, 2.05) is 41.0 Å². The highest BCUT2D eigenvalue weighted by Crippen LogP contribution is 2.32. The van der Waals surface area contributed by atoms with E-state index in [0.717, 1.165) is 48.3 Å². The van der Waals surface area contributed by atoms with Crippen molar-refractivity contribution in [2.24, 2.45) is 5.92 Å². The van der Waals surface area contributed by atoms with Gasteiger partial charge in [-0.05, 0) is 92.9 Å². The van der Waals surface area contributed by atoms with E-state index in [0.29, 0.717) is 29.7 Å². The second-order valence-electron chi connectivity index (χ2n) is 9.87. The number of thiophene rings is 1. The molecule has 35 heavy (non-hydrogen) atoms. The van der Waals surface area contributed by atoms with Gasteiger partial charge in [-0.25, -0.2) is 4.98 Å². The Balaban J connectivity index is 1.66. The van der Waals surface area contributed by atoms with Gasteiger partial charge < -0.3 is 9.64 Å². The third kappa shape index (κ3) is 4.78. The molecule has 0 amide bonds. The zero-order valence-corrected chi connectivity index (χ0v) is 21.8. The van der Waals surface area contributed by atoms with Gasteiger partial charge in [0, 0.05) is 24.0 Å². The molecule has 0 spiro atoms. The van der Waals surface area contributed by atoms with Crippen LogP contribution in [-0.4, -0.2) is 40.7 Å². The zero-order chi connectivity index (χ0) is 24.5. The average Bonchev–Trinajstić information content (AvgIpc) is 3.31. The predicted molar refractivity (Wildman–Crippen MR) is 145 cm³/mol. The zero-order valence-electron chi connectivity index (χ0n) is 21.0. The van der Waals surface area contributed by atoms with E-state index in [9.17, 15) is 4.79 Å². The molecule has 0 radical (unpaired) electrons. The van der Waals surface area contributed by atoms with Gasteiger partial charge in [0.1, 0.15) is 11.6 Å². The first-order valence-corrected chi connectivity index (χ1v) is 13.3. The first kappa shape index (κ1) is 23.8. The molecule has 1 fully saturated rings. The van der Waals surface area contributed by atoms with Gasteiger partial charge in [0.2, 0.25) is 0 Å². The van der Waals surface area contributed by atoms with Gasteiger partial charge in [-0.1, -0.05) is 18.2 Å². The maximum absolute atomic E-state index is 14.1. The minimum atomic E-state index is 0.0210. The fraction of sp³-hybridized carbons (Fsp3) is 0.379. The fourth-order valence-electron chi connectivity index (χ4n) is 5.13. The van der Waals surface area contributed by atoms with E-state index >= 15 is 0 Å². The van der Waals surface area contributed by atoms with Gasteiger partial charge in [0.05, 0.1) is 23.6 Å². The molecule has 182 valence electrons. The molecule has 1 unspecified atom stereocenters. The predicted octanol–water partition coefficient (Wildman–Crippen LogP) is 6.23. The third-order valence-electron chi connectivity index (χ3n) is 7.04. The van der Waals surface area contributed by atoms with Gasteiger partial charge >= 0.3 is 0 Å². The van der Waals surface area contributed by atoms with E-state index in [-0.39, 0.29) is 5.56 Å². The number of hydrogen-bond donors (Lipinski definition) is 0. The van der Waals surface area contributed by atoms with Crippen LogP contribution < -0.4 is 10.3 Å². The second-order valence-corrected chi connectivity index (χ2v) is 10.8. The number of para-hydroxylation sites is 1. The maximum atomic E-state index is 14.1. The average molecular weight is 488 g/mol. The summed E-state index contributed by atoms with van der Waals surface area (Å²) in [5.41, 5.74) is 3.89. The Hall–Kier alpha value is -2.96. The third-order valence-corrected chi connectivity index (χ3v) is 8.14. The highest BCUT2D eigenvalue weighted by molar-refractivity contribution is 7.13. The van der Waals surface area contributed by atoms with Gasteiger partial charge in [-0.2, -0.15) is 0 Å². The molecule has 2 aromatic carbocycles. The SMILES string of the molecule is COc1ccccc1-c1nc2ccc(-c3cc(C)cs3)cc2c(=O)n1CC1CCCN(C(C)C)C1. The van der Waals surface area contributed by atoms with Crippen molar-refractivity contribution in [3.8, 4) is 27.6 Å². The van der Waals surface area contributed by atoms with Crippen LogP contribution in [0.25, 0.3) is 32.7 Å². The first-order chi connectivity index (χ1) is 16.9. The quantitative estimate of drug-likeness (QED) is 0.323. The lowest BCUT2D eigenvalue weighted by atomic mass is 9.96. The molecule has 5 rings (SSSR count). The molecule has 3 heterocycles. The Morgan fingerprint density at radius 3 is 2.74 bits per heavy atom.